The van der Waals surface area contributed by atoms with Gasteiger partial charge in [-0.1, -0.05) is 29.8 Å². The predicted molar refractivity (Wildman–Crippen MR) is 110 cm³/mol. The summed E-state index contributed by atoms with van der Waals surface area (Å²) in [6.07, 6.45) is 4.45. The van der Waals surface area contributed by atoms with Crippen LogP contribution in [0.2, 0.25) is 0 Å². The lowest BCUT2D eigenvalue weighted by atomic mass is 10.1. The number of esters is 1. The van der Waals surface area contributed by atoms with Crippen LogP contribution in [0.15, 0.2) is 48.9 Å². The zero-order valence-electron chi connectivity index (χ0n) is 16.8. The largest absolute Gasteiger partial charge is 0.462 e. The van der Waals surface area contributed by atoms with Crippen molar-refractivity contribution in [1.29, 1.82) is 0 Å². The van der Waals surface area contributed by atoms with Crippen LogP contribution >= 0.6 is 0 Å². The van der Waals surface area contributed by atoms with Crippen LogP contribution in [-0.4, -0.2) is 42.9 Å². The highest BCUT2D eigenvalue weighted by molar-refractivity contribution is 6.10. The van der Waals surface area contributed by atoms with E-state index >= 15 is 0 Å². The van der Waals surface area contributed by atoms with E-state index in [1.165, 1.54) is 17.1 Å². The fraction of sp³-hybridized carbons (Fsp3) is 0.190. The van der Waals surface area contributed by atoms with Gasteiger partial charge >= 0.3 is 5.97 Å². The second-order valence-electron chi connectivity index (χ2n) is 6.69. The quantitative estimate of drug-likeness (QED) is 0.513. The third-order valence-electron chi connectivity index (χ3n) is 4.66. The molecule has 0 aliphatic heterocycles. The Balaban J connectivity index is 1.69. The maximum absolute atomic E-state index is 13.0. The van der Waals surface area contributed by atoms with Crippen LogP contribution in [0.5, 0.6) is 0 Å². The van der Waals surface area contributed by atoms with Gasteiger partial charge in [0.05, 0.1) is 24.7 Å². The van der Waals surface area contributed by atoms with Crippen molar-refractivity contribution in [2.45, 2.75) is 13.8 Å². The van der Waals surface area contributed by atoms with Gasteiger partial charge in [-0.25, -0.2) is 14.3 Å². The fourth-order valence-corrected chi connectivity index (χ4v) is 3.11. The summed E-state index contributed by atoms with van der Waals surface area (Å²) in [6, 6.07) is 9.85. The fourth-order valence-electron chi connectivity index (χ4n) is 3.11. The van der Waals surface area contributed by atoms with Crippen LogP contribution < -0.4 is 5.32 Å². The third kappa shape index (κ3) is 3.41. The smallest absolute Gasteiger partial charge is 0.343 e. The summed E-state index contributed by atoms with van der Waals surface area (Å²) in [5.74, 6) is -0.763. The molecule has 0 aliphatic rings. The van der Waals surface area contributed by atoms with Crippen molar-refractivity contribution in [3.05, 3.63) is 65.6 Å². The molecule has 9 nitrogen and oxygen atoms in total. The van der Waals surface area contributed by atoms with Crippen molar-refractivity contribution in [2.24, 2.45) is 7.05 Å². The zero-order chi connectivity index (χ0) is 21.3. The summed E-state index contributed by atoms with van der Waals surface area (Å²) >= 11 is 0. The number of rotatable bonds is 5. The number of amides is 1. The molecule has 9 heteroatoms. The molecule has 152 valence electrons. The van der Waals surface area contributed by atoms with Gasteiger partial charge in [0.2, 0.25) is 0 Å². The Hall–Kier alpha value is -4.01. The summed E-state index contributed by atoms with van der Waals surface area (Å²) in [5.41, 5.74) is 3.78. The van der Waals surface area contributed by atoms with Crippen LogP contribution in [0.1, 0.15) is 33.2 Å². The summed E-state index contributed by atoms with van der Waals surface area (Å²) in [7, 11) is 1.63. The van der Waals surface area contributed by atoms with Crippen molar-refractivity contribution < 1.29 is 14.3 Å². The van der Waals surface area contributed by atoms with Crippen LogP contribution in [-0.2, 0) is 11.8 Å². The van der Waals surface area contributed by atoms with Gasteiger partial charge in [0.15, 0.2) is 5.65 Å². The number of carbonyl (C=O) groups excluding carboxylic acids is 2. The summed E-state index contributed by atoms with van der Waals surface area (Å²) in [6.45, 7) is 3.95. The highest BCUT2D eigenvalue weighted by atomic mass is 16.5. The normalized spacial score (nSPS) is 10.9. The van der Waals surface area contributed by atoms with E-state index in [9.17, 15) is 9.59 Å². The molecule has 1 N–H and O–H groups in total. The van der Waals surface area contributed by atoms with E-state index in [1.54, 1.807) is 24.7 Å². The topological polar surface area (TPSA) is 103 Å². The zero-order valence-corrected chi connectivity index (χ0v) is 16.8. The van der Waals surface area contributed by atoms with Crippen molar-refractivity contribution in [1.82, 2.24) is 24.4 Å². The van der Waals surface area contributed by atoms with Gasteiger partial charge in [-0.05, 0) is 19.9 Å². The Kier molecular flexibility index (Phi) is 5.01. The number of nitrogens with one attached hydrogen (secondary N) is 1. The first-order chi connectivity index (χ1) is 14.5. The van der Waals surface area contributed by atoms with Gasteiger partial charge in [0.25, 0.3) is 5.91 Å². The standard InChI is InChI=1S/C21H20N6O3/c1-4-30-21(29)16-12-23-26(3)19(16)25-20(28)15-11-24-27-17(9-10-22-18(15)27)14-7-5-13(2)6-8-14/h5-12H,4H2,1-3H3,(H,25,28). The molecular weight excluding hydrogens is 384 g/mol. The predicted octanol–water partition coefficient (Wildman–Crippen LogP) is 2.87. The van der Waals surface area contributed by atoms with Crippen LogP contribution in [0.4, 0.5) is 5.82 Å². The Bertz CT molecular complexity index is 1240. The maximum Gasteiger partial charge on any atom is 0.343 e. The molecule has 0 fully saturated rings. The highest BCUT2D eigenvalue weighted by Gasteiger charge is 2.22. The van der Waals surface area contributed by atoms with Gasteiger partial charge in [-0.3, -0.25) is 9.48 Å². The number of hydrogen-bond donors (Lipinski definition) is 1. The highest BCUT2D eigenvalue weighted by Crippen LogP contribution is 2.23. The molecule has 0 spiro atoms. The molecule has 0 unspecified atom stereocenters. The van der Waals surface area contributed by atoms with E-state index in [4.69, 9.17) is 4.74 Å². The van der Waals surface area contributed by atoms with Gasteiger partial charge in [0, 0.05) is 18.8 Å². The first kappa shape index (κ1) is 19.3. The lowest BCUT2D eigenvalue weighted by molar-refractivity contribution is 0.0527. The molecule has 0 bridgehead atoms. The molecule has 30 heavy (non-hydrogen) atoms. The Labute approximate surface area is 172 Å². The Morgan fingerprint density at radius 2 is 1.80 bits per heavy atom. The number of aryl methyl sites for hydroxylation is 2. The van der Waals surface area contributed by atoms with E-state index in [2.05, 4.69) is 20.5 Å². The number of hydrogen-bond acceptors (Lipinski definition) is 6. The molecule has 0 saturated heterocycles. The minimum atomic E-state index is -0.555. The monoisotopic (exact) mass is 404 g/mol. The van der Waals surface area contributed by atoms with E-state index in [1.807, 2.05) is 37.3 Å². The second-order valence-corrected chi connectivity index (χ2v) is 6.69. The molecule has 3 aromatic heterocycles. The Morgan fingerprint density at radius 1 is 1.07 bits per heavy atom. The minimum absolute atomic E-state index is 0.178. The molecule has 0 saturated carbocycles. The number of anilines is 1. The SMILES string of the molecule is CCOC(=O)c1cnn(C)c1NC(=O)c1cnn2c(-c3ccc(C)cc3)ccnc12. The van der Waals surface area contributed by atoms with Crippen molar-refractivity contribution in [3.63, 3.8) is 0 Å². The number of benzene rings is 1. The Morgan fingerprint density at radius 3 is 2.53 bits per heavy atom. The molecule has 3 heterocycles. The van der Waals surface area contributed by atoms with Crippen molar-refractivity contribution in [2.75, 3.05) is 11.9 Å². The number of carbonyl (C=O) groups is 2. The van der Waals surface area contributed by atoms with Crippen molar-refractivity contribution in [3.8, 4) is 11.3 Å². The molecule has 0 aliphatic carbocycles. The maximum atomic E-state index is 13.0. The summed E-state index contributed by atoms with van der Waals surface area (Å²) in [4.78, 5) is 29.4. The molecular formula is C21H20N6O3. The number of aromatic nitrogens is 5. The van der Waals surface area contributed by atoms with Crippen LogP contribution in [0, 0.1) is 6.92 Å². The van der Waals surface area contributed by atoms with Crippen LogP contribution in [0.3, 0.4) is 0 Å². The molecule has 1 aromatic carbocycles. The van der Waals surface area contributed by atoms with E-state index < -0.39 is 11.9 Å². The number of fused-ring (bicyclic) bond motifs is 1. The van der Waals surface area contributed by atoms with E-state index in [-0.39, 0.29) is 23.6 Å². The molecule has 1 amide bonds. The average Bonchev–Trinajstić information content (AvgIpc) is 3.33. The number of nitrogens with zero attached hydrogens (tertiary/aromatic N) is 5. The lowest BCUT2D eigenvalue weighted by Crippen LogP contribution is -2.17. The lowest BCUT2D eigenvalue weighted by Gasteiger charge is -2.08. The van der Waals surface area contributed by atoms with Gasteiger partial charge in [0.1, 0.15) is 16.9 Å². The molecule has 0 radical (unpaired) electrons. The third-order valence-corrected chi connectivity index (χ3v) is 4.66. The van der Waals surface area contributed by atoms with Gasteiger partial charge < -0.3 is 10.1 Å². The van der Waals surface area contributed by atoms with Crippen LogP contribution in [0.25, 0.3) is 16.9 Å². The average molecular weight is 404 g/mol. The van der Waals surface area contributed by atoms with Crippen molar-refractivity contribution >= 4 is 23.3 Å². The van der Waals surface area contributed by atoms with Gasteiger partial charge in [-0.15, -0.1) is 0 Å². The summed E-state index contributed by atoms with van der Waals surface area (Å²) in [5, 5.41) is 11.1. The minimum Gasteiger partial charge on any atom is -0.462 e. The first-order valence-corrected chi connectivity index (χ1v) is 9.40. The second kappa shape index (κ2) is 7.78. The van der Waals surface area contributed by atoms with E-state index in [0.29, 0.717) is 5.65 Å². The number of ether oxygens (including phenoxy) is 1. The molecule has 4 aromatic rings. The summed E-state index contributed by atoms with van der Waals surface area (Å²) < 4.78 is 8.05. The van der Waals surface area contributed by atoms with Gasteiger partial charge in [-0.2, -0.15) is 10.2 Å². The van der Waals surface area contributed by atoms with E-state index in [0.717, 1.165) is 16.8 Å². The first-order valence-electron chi connectivity index (χ1n) is 9.40. The molecule has 0 atom stereocenters. The molecule has 4 rings (SSSR count).